The largest absolute Gasteiger partial charge is 0.508 e. The molecular formula is C28H26O6. The number of hydrogen-bond donors (Lipinski definition) is 5. The first-order chi connectivity index (χ1) is 16.4. The molecule has 0 aliphatic carbocycles. The Balaban J connectivity index is 1.42. The van der Waals surface area contributed by atoms with Gasteiger partial charge in [-0.3, -0.25) is 0 Å². The molecule has 0 heterocycles. The zero-order chi connectivity index (χ0) is 24.1. The van der Waals surface area contributed by atoms with Gasteiger partial charge in [0.1, 0.15) is 23.0 Å². The Kier molecular flexibility index (Phi) is 6.78. The van der Waals surface area contributed by atoms with E-state index in [1.807, 2.05) is 42.5 Å². The van der Waals surface area contributed by atoms with E-state index in [0.717, 1.165) is 29.5 Å². The van der Waals surface area contributed by atoms with E-state index in [0.29, 0.717) is 29.9 Å². The summed E-state index contributed by atoms with van der Waals surface area (Å²) >= 11 is 0. The molecule has 6 nitrogen and oxygen atoms in total. The number of ether oxygens (including phenoxy) is 1. The summed E-state index contributed by atoms with van der Waals surface area (Å²) in [4.78, 5) is 0. The molecule has 0 bridgehead atoms. The Hall–Kier alpha value is -4.32. The maximum atomic E-state index is 10.2. The second kappa shape index (κ2) is 10.1. The van der Waals surface area contributed by atoms with Crippen LogP contribution in [0.15, 0.2) is 78.9 Å². The first-order valence-electron chi connectivity index (χ1n) is 11.0. The third-order valence-corrected chi connectivity index (χ3v) is 5.53. The van der Waals surface area contributed by atoms with Crippen molar-refractivity contribution in [2.24, 2.45) is 0 Å². The van der Waals surface area contributed by atoms with E-state index in [9.17, 15) is 25.5 Å². The van der Waals surface area contributed by atoms with Gasteiger partial charge in [0.15, 0.2) is 17.2 Å². The third kappa shape index (κ3) is 5.92. The fourth-order valence-electron chi connectivity index (χ4n) is 3.84. The molecule has 0 spiro atoms. The van der Waals surface area contributed by atoms with Gasteiger partial charge in [-0.1, -0.05) is 24.3 Å². The smallest absolute Gasteiger partial charge is 0.200 e. The lowest BCUT2D eigenvalue weighted by Crippen LogP contribution is -1.94. The average molecular weight is 459 g/mol. The van der Waals surface area contributed by atoms with E-state index in [1.54, 1.807) is 24.3 Å². The van der Waals surface area contributed by atoms with Crippen LogP contribution >= 0.6 is 0 Å². The van der Waals surface area contributed by atoms with E-state index in [4.69, 9.17) is 4.74 Å². The first kappa shape index (κ1) is 22.9. The minimum atomic E-state index is -0.541. The average Bonchev–Trinajstić information content (AvgIpc) is 2.80. The number of benzene rings is 4. The Morgan fingerprint density at radius 3 is 1.68 bits per heavy atom. The van der Waals surface area contributed by atoms with Crippen LogP contribution in [0.25, 0.3) is 0 Å². The number of rotatable bonds is 8. The van der Waals surface area contributed by atoms with Crippen molar-refractivity contribution >= 4 is 0 Å². The van der Waals surface area contributed by atoms with Crippen molar-refractivity contribution in [1.82, 2.24) is 0 Å². The Morgan fingerprint density at radius 1 is 0.471 bits per heavy atom. The van der Waals surface area contributed by atoms with E-state index in [1.165, 1.54) is 12.1 Å². The van der Waals surface area contributed by atoms with Gasteiger partial charge in [0.25, 0.3) is 0 Å². The van der Waals surface area contributed by atoms with Crippen molar-refractivity contribution in [3.8, 4) is 40.2 Å². The summed E-state index contributed by atoms with van der Waals surface area (Å²) in [6.45, 7) is 0. The van der Waals surface area contributed by atoms with E-state index >= 15 is 0 Å². The zero-order valence-electron chi connectivity index (χ0n) is 18.5. The number of phenolic OH excluding ortho intramolecular Hbond substituents is 5. The van der Waals surface area contributed by atoms with Gasteiger partial charge >= 0.3 is 0 Å². The normalized spacial score (nSPS) is 10.8. The van der Waals surface area contributed by atoms with Crippen LogP contribution in [-0.4, -0.2) is 25.5 Å². The van der Waals surface area contributed by atoms with Gasteiger partial charge in [-0.25, -0.2) is 0 Å². The summed E-state index contributed by atoms with van der Waals surface area (Å²) in [6, 6.07) is 22.8. The lowest BCUT2D eigenvalue weighted by Gasteiger charge is -2.11. The van der Waals surface area contributed by atoms with Gasteiger partial charge < -0.3 is 30.3 Å². The standard InChI is InChI=1S/C28H26O6/c29-22-5-1-3-18(11-22)7-8-19-4-2-6-24(13-19)34-25-14-20(12-23(30)17-25)9-10-21-15-26(31)28(33)27(32)16-21/h1-6,11-17,29-33H,7-10H2. The molecule has 34 heavy (non-hydrogen) atoms. The molecule has 0 aliphatic rings. The molecule has 4 rings (SSSR count). The Bertz CT molecular complexity index is 1270. The topological polar surface area (TPSA) is 110 Å². The van der Waals surface area contributed by atoms with Gasteiger partial charge in [-0.15, -0.1) is 0 Å². The van der Waals surface area contributed by atoms with Crippen LogP contribution in [0, 0.1) is 0 Å². The highest BCUT2D eigenvalue weighted by Crippen LogP contribution is 2.36. The van der Waals surface area contributed by atoms with Crippen LogP contribution in [0.2, 0.25) is 0 Å². The zero-order valence-corrected chi connectivity index (χ0v) is 18.5. The predicted molar refractivity (Wildman–Crippen MR) is 129 cm³/mol. The fourth-order valence-corrected chi connectivity index (χ4v) is 3.84. The third-order valence-electron chi connectivity index (χ3n) is 5.53. The Morgan fingerprint density at radius 2 is 1.00 bits per heavy atom. The van der Waals surface area contributed by atoms with Crippen LogP contribution in [-0.2, 0) is 25.7 Å². The molecule has 0 aliphatic heterocycles. The van der Waals surface area contributed by atoms with Crippen LogP contribution in [0.1, 0.15) is 22.3 Å². The molecule has 4 aromatic rings. The number of hydrogen-bond acceptors (Lipinski definition) is 6. The van der Waals surface area contributed by atoms with E-state index in [2.05, 4.69) is 0 Å². The maximum absolute atomic E-state index is 10.2. The van der Waals surface area contributed by atoms with Crippen molar-refractivity contribution in [1.29, 1.82) is 0 Å². The van der Waals surface area contributed by atoms with Crippen LogP contribution in [0.5, 0.6) is 40.2 Å². The van der Waals surface area contributed by atoms with Crippen molar-refractivity contribution in [3.63, 3.8) is 0 Å². The molecule has 0 radical (unpaired) electrons. The molecule has 0 amide bonds. The number of phenols is 5. The highest BCUT2D eigenvalue weighted by Gasteiger charge is 2.10. The van der Waals surface area contributed by atoms with Crippen molar-refractivity contribution in [2.75, 3.05) is 0 Å². The summed E-state index contributed by atoms with van der Waals surface area (Å²) in [6.07, 6.45) is 2.59. The second-order valence-corrected chi connectivity index (χ2v) is 8.24. The molecule has 0 atom stereocenters. The molecular weight excluding hydrogens is 432 g/mol. The van der Waals surface area contributed by atoms with Gasteiger partial charge in [0.2, 0.25) is 0 Å². The van der Waals surface area contributed by atoms with Crippen molar-refractivity contribution < 1.29 is 30.3 Å². The SMILES string of the molecule is Oc1cccc(CCc2cccc(Oc3cc(O)cc(CCc4cc(O)c(O)c(O)c4)c3)c2)c1. The minimum Gasteiger partial charge on any atom is -0.508 e. The molecule has 174 valence electrons. The molecule has 5 N–H and O–H groups in total. The lowest BCUT2D eigenvalue weighted by molar-refractivity contribution is 0.367. The fraction of sp³-hybridized carbons (Fsp3) is 0.143. The van der Waals surface area contributed by atoms with E-state index < -0.39 is 5.75 Å². The highest BCUT2D eigenvalue weighted by atomic mass is 16.5. The molecule has 0 aromatic heterocycles. The molecule has 6 heteroatoms. The van der Waals surface area contributed by atoms with Crippen LogP contribution < -0.4 is 4.74 Å². The first-order valence-corrected chi connectivity index (χ1v) is 11.0. The van der Waals surface area contributed by atoms with Gasteiger partial charge in [-0.2, -0.15) is 0 Å². The summed E-state index contributed by atoms with van der Waals surface area (Å²) in [5, 5.41) is 48.7. The summed E-state index contributed by atoms with van der Waals surface area (Å²) in [5.41, 5.74) is 3.62. The van der Waals surface area contributed by atoms with E-state index in [-0.39, 0.29) is 23.0 Å². The predicted octanol–water partition coefficient (Wildman–Crippen LogP) is 5.58. The summed E-state index contributed by atoms with van der Waals surface area (Å²) in [7, 11) is 0. The minimum absolute atomic E-state index is 0.0731. The van der Waals surface area contributed by atoms with Gasteiger partial charge in [0.05, 0.1) is 0 Å². The second-order valence-electron chi connectivity index (χ2n) is 8.24. The van der Waals surface area contributed by atoms with Crippen LogP contribution in [0.3, 0.4) is 0 Å². The van der Waals surface area contributed by atoms with Gasteiger partial charge in [0, 0.05) is 6.07 Å². The maximum Gasteiger partial charge on any atom is 0.200 e. The summed E-state index contributed by atoms with van der Waals surface area (Å²) < 4.78 is 6.00. The summed E-state index contributed by atoms with van der Waals surface area (Å²) in [5.74, 6) is 0.186. The molecule has 4 aromatic carbocycles. The van der Waals surface area contributed by atoms with Crippen molar-refractivity contribution in [3.05, 3.63) is 101 Å². The number of aromatic hydroxyl groups is 5. The Labute approximate surface area is 197 Å². The quantitative estimate of drug-likeness (QED) is 0.221. The lowest BCUT2D eigenvalue weighted by atomic mass is 10.0. The van der Waals surface area contributed by atoms with Gasteiger partial charge in [-0.05, 0) is 96.5 Å². The molecule has 0 saturated heterocycles. The van der Waals surface area contributed by atoms with Crippen molar-refractivity contribution in [2.45, 2.75) is 25.7 Å². The molecule has 0 saturated carbocycles. The number of aryl methyl sites for hydroxylation is 4. The molecule has 0 unspecified atom stereocenters. The highest BCUT2D eigenvalue weighted by molar-refractivity contribution is 5.51. The van der Waals surface area contributed by atoms with Crippen LogP contribution in [0.4, 0.5) is 0 Å². The molecule has 0 fully saturated rings. The monoisotopic (exact) mass is 458 g/mol.